The zero-order valence-corrected chi connectivity index (χ0v) is 13.5. The van der Waals surface area contributed by atoms with Crippen LogP contribution in [-0.4, -0.2) is 60.7 Å². The molecule has 2 aromatic rings. The van der Waals surface area contributed by atoms with Crippen molar-refractivity contribution in [2.45, 2.75) is 31.3 Å². The average molecular weight is 299 g/mol. The number of hydrogen-bond acceptors (Lipinski definition) is 3. The second-order valence-electron chi connectivity index (χ2n) is 6.79. The van der Waals surface area contributed by atoms with Crippen LogP contribution in [0.5, 0.6) is 5.75 Å². The van der Waals surface area contributed by atoms with Crippen molar-refractivity contribution < 1.29 is 4.74 Å². The summed E-state index contributed by atoms with van der Waals surface area (Å²) in [7, 11) is 4.01. The Balaban J connectivity index is 1.44. The number of likely N-dealkylation sites (N-methyl/N-ethyl adjacent to an activating group) is 1. The number of rotatable bonds is 4. The average Bonchev–Trinajstić information content (AvgIpc) is 3.01. The van der Waals surface area contributed by atoms with Crippen LogP contribution in [0.25, 0.3) is 10.9 Å². The van der Waals surface area contributed by atoms with Crippen LogP contribution in [0.4, 0.5) is 0 Å². The van der Waals surface area contributed by atoms with Crippen LogP contribution in [-0.2, 0) is 6.42 Å². The molecule has 2 aliphatic rings. The van der Waals surface area contributed by atoms with Crippen molar-refractivity contribution >= 4 is 10.9 Å². The third-order valence-electron chi connectivity index (χ3n) is 5.59. The predicted octanol–water partition coefficient (Wildman–Crippen LogP) is 2.50. The fraction of sp³-hybridized carbons (Fsp3) is 0.556. The molecule has 2 fully saturated rings. The molecule has 0 amide bonds. The first-order valence-corrected chi connectivity index (χ1v) is 8.33. The first kappa shape index (κ1) is 14.1. The van der Waals surface area contributed by atoms with E-state index in [1.807, 2.05) is 0 Å². The molecule has 4 rings (SSSR count). The molecule has 2 atom stereocenters. The van der Waals surface area contributed by atoms with E-state index in [9.17, 15) is 0 Å². The Morgan fingerprint density at radius 1 is 1.23 bits per heavy atom. The Morgan fingerprint density at radius 3 is 2.73 bits per heavy atom. The lowest BCUT2D eigenvalue weighted by Crippen LogP contribution is -2.52. The van der Waals surface area contributed by atoms with Gasteiger partial charge in [0.1, 0.15) is 5.75 Å². The van der Waals surface area contributed by atoms with Crippen molar-refractivity contribution in [3.8, 4) is 5.75 Å². The Hall–Kier alpha value is -1.52. The number of methoxy groups -OCH3 is 1. The second-order valence-corrected chi connectivity index (χ2v) is 6.79. The minimum Gasteiger partial charge on any atom is -0.497 e. The van der Waals surface area contributed by atoms with E-state index in [1.54, 1.807) is 7.11 Å². The van der Waals surface area contributed by atoms with Crippen LogP contribution < -0.4 is 4.74 Å². The predicted molar refractivity (Wildman–Crippen MR) is 89.6 cm³/mol. The lowest BCUT2D eigenvalue weighted by molar-refractivity contribution is 0.0897. The summed E-state index contributed by atoms with van der Waals surface area (Å²) in [5.74, 6) is 0.913. The van der Waals surface area contributed by atoms with Crippen molar-refractivity contribution in [1.82, 2.24) is 14.8 Å². The van der Waals surface area contributed by atoms with Gasteiger partial charge < -0.3 is 9.72 Å². The van der Waals surface area contributed by atoms with Crippen LogP contribution in [0, 0.1) is 0 Å². The molecule has 0 radical (unpaired) electrons. The maximum Gasteiger partial charge on any atom is 0.120 e. The van der Waals surface area contributed by atoms with E-state index in [0.717, 1.165) is 24.3 Å². The lowest BCUT2D eigenvalue weighted by atomic mass is 10.1. The minimum absolute atomic E-state index is 0.783. The molecular weight excluding hydrogens is 274 g/mol. The molecule has 0 spiro atoms. The van der Waals surface area contributed by atoms with Gasteiger partial charge in [0.05, 0.1) is 7.11 Å². The zero-order valence-electron chi connectivity index (χ0n) is 13.5. The van der Waals surface area contributed by atoms with Gasteiger partial charge in [0, 0.05) is 54.9 Å². The number of aromatic nitrogens is 1. The molecule has 0 saturated carbocycles. The second kappa shape index (κ2) is 5.60. The summed E-state index contributed by atoms with van der Waals surface area (Å²) in [4.78, 5) is 8.63. The molecule has 1 N–H and O–H groups in total. The minimum atomic E-state index is 0.783. The van der Waals surface area contributed by atoms with Crippen molar-refractivity contribution in [3.05, 3.63) is 30.0 Å². The maximum atomic E-state index is 5.29. The Morgan fingerprint density at radius 2 is 2.00 bits per heavy atom. The number of piperazine rings is 1. The quantitative estimate of drug-likeness (QED) is 0.941. The number of H-pyrrole nitrogens is 1. The van der Waals surface area contributed by atoms with E-state index in [1.165, 1.54) is 48.9 Å². The molecule has 22 heavy (non-hydrogen) atoms. The number of nitrogens with one attached hydrogen (secondary N) is 1. The van der Waals surface area contributed by atoms with Gasteiger partial charge in [0.25, 0.3) is 0 Å². The molecule has 2 aliphatic heterocycles. The van der Waals surface area contributed by atoms with Gasteiger partial charge in [-0.3, -0.25) is 9.80 Å². The Kier molecular flexibility index (Phi) is 3.59. The molecule has 4 heteroatoms. The van der Waals surface area contributed by atoms with Crippen molar-refractivity contribution in [2.24, 2.45) is 0 Å². The van der Waals surface area contributed by atoms with Crippen LogP contribution in [0.3, 0.4) is 0 Å². The lowest BCUT2D eigenvalue weighted by Gasteiger charge is -2.38. The van der Waals surface area contributed by atoms with Gasteiger partial charge in [-0.05, 0) is 44.0 Å². The summed E-state index contributed by atoms with van der Waals surface area (Å²) < 4.78 is 5.29. The highest BCUT2D eigenvalue weighted by Gasteiger charge is 2.36. The molecule has 2 saturated heterocycles. The molecular formula is C18H25N3O. The summed E-state index contributed by atoms with van der Waals surface area (Å²) in [6.07, 6.45) is 6.04. The number of benzene rings is 1. The number of likely N-dealkylation sites (tertiary alicyclic amines) is 1. The summed E-state index contributed by atoms with van der Waals surface area (Å²) in [5, 5.41) is 1.33. The largest absolute Gasteiger partial charge is 0.497 e. The van der Waals surface area contributed by atoms with E-state index in [-0.39, 0.29) is 0 Å². The number of aromatic amines is 1. The summed E-state index contributed by atoms with van der Waals surface area (Å²) in [6, 6.07) is 7.87. The molecule has 118 valence electrons. The highest BCUT2D eigenvalue weighted by Crippen LogP contribution is 2.29. The third-order valence-corrected chi connectivity index (χ3v) is 5.59. The first-order chi connectivity index (χ1) is 10.7. The molecule has 2 unspecified atom stereocenters. The van der Waals surface area contributed by atoms with Gasteiger partial charge in [-0.1, -0.05) is 0 Å². The van der Waals surface area contributed by atoms with E-state index in [4.69, 9.17) is 4.74 Å². The van der Waals surface area contributed by atoms with Gasteiger partial charge in [-0.2, -0.15) is 0 Å². The van der Waals surface area contributed by atoms with E-state index >= 15 is 0 Å². The highest BCUT2D eigenvalue weighted by atomic mass is 16.5. The van der Waals surface area contributed by atoms with Gasteiger partial charge in [0.2, 0.25) is 0 Å². The van der Waals surface area contributed by atoms with Crippen LogP contribution in [0.1, 0.15) is 18.4 Å². The first-order valence-electron chi connectivity index (χ1n) is 8.33. The van der Waals surface area contributed by atoms with E-state index in [2.05, 4.69) is 46.2 Å². The number of hydrogen-bond donors (Lipinski definition) is 1. The Bertz CT molecular complexity index is 651. The fourth-order valence-electron chi connectivity index (χ4n) is 4.16. The Labute approximate surface area is 132 Å². The van der Waals surface area contributed by atoms with Crippen LogP contribution in [0.15, 0.2) is 24.4 Å². The maximum absolute atomic E-state index is 5.29. The van der Waals surface area contributed by atoms with Crippen LogP contribution in [0.2, 0.25) is 0 Å². The molecule has 1 aromatic carbocycles. The van der Waals surface area contributed by atoms with E-state index in [0.29, 0.717) is 0 Å². The number of fused-ring (bicyclic) bond motifs is 3. The van der Waals surface area contributed by atoms with Crippen molar-refractivity contribution in [3.63, 3.8) is 0 Å². The summed E-state index contributed by atoms with van der Waals surface area (Å²) in [6.45, 7) is 3.65. The zero-order chi connectivity index (χ0) is 15.1. The molecule has 3 heterocycles. The SMILES string of the molecule is COc1ccc2c(CCN3CC4CCC(C3)N4C)c[nH]c2c1. The highest BCUT2D eigenvalue weighted by molar-refractivity contribution is 5.84. The number of ether oxygens (including phenoxy) is 1. The standard InChI is InChI=1S/C18H25N3O/c1-20-14-3-4-15(20)12-21(11-14)8-7-13-10-19-18-9-16(22-2)5-6-17(13)18/h5-6,9-10,14-15,19H,3-4,7-8,11-12H2,1-2H3. The van der Waals surface area contributed by atoms with Crippen LogP contribution >= 0.6 is 0 Å². The smallest absolute Gasteiger partial charge is 0.120 e. The topological polar surface area (TPSA) is 31.5 Å². The normalized spacial score (nSPS) is 25.9. The third kappa shape index (κ3) is 2.40. The monoisotopic (exact) mass is 299 g/mol. The molecule has 1 aromatic heterocycles. The van der Waals surface area contributed by atoms with Gasteiger partial charge in [-0.25, -0.2) is 0 Å². The molecule has 2 bridgehead atoms. The van der Waals surface area contributed by atoms with Crippen molar-refractivity contribution in [1.29, 1.82) is 0 Å². The summed E-state index contributed by atoms with van der Waals surface area (Å²) >= 11 is 0. The van der Waals surface area contributed by atoms with Gasteiger partial charge in [-0.15, -0.1) is 0 Å². The van der Waals surface area contributed by atoms with Crippen molar-refractivity contribution in [2.75, 3.05) is 33.8 Å². The molecule has 4 nitrogen and oxygen atoms in total. The van der Waals surface area contributed by atoms with E-state index < -0.39 is 0 Å². The molecule has 0 aliphatic carbocycles. The van der Waals surface area contributed by atoms with Gasteiger partial charge >= 0.3 is 0 Å². The van der Waals surface area contributed by atoms with Gasteiger partial charge in [0.15, 0.2) is 0 Å². The fourth-order valence-corrected chi connectivity index (χ4v) is 4.16. The summed E-state index contributed by atoms with van der Waals surface area (Å²) in [5.41, 5.74) is 2.59. The number of nitrogens with zero attached hydrogens (tertiary/aromatic N) is 2.